The highest BCUT2D eigenvalue weighted by atomic mass is 19.4. The molecule has 0 spiro atoms. The van der Waals surface area contributed by atoms with Crippen LogP contribution in [0, 0.1) is 0 Å². The van der Waals surface area contributed by atoms with Gasteiger partial charge >= 0.3 is 12.3 Å². The van der Waals surface area contributed by atoms with Crippen molar-refractivity contribution >= 4 is 6.09 Å². The number of hydrogen-bond donors (Lipinski definition) is 0. The lowest BCUT2D eigenvalue weighted by atomic mass is 10.4. The van der Waals surface area contributed by atoms with E-state index in [1.54, 1.807) is 24.0 Å². The van der Waals surface area contributed by atoms with Crippen molar-refractivity contribution in [2.75, 3.05) is 6.61 Å². The molecule has 2 rings (SSSR count). The molecule has 0 unspecified atom stereocenters. The number of halogens is 3. The maximum Gasteiger partial charge on any atom is 0.422 e. The summed E-state index contributed by atoms with van der Waals surface area (Å²) in [6.07, 6.45) is -0.600. The van der Waals surface area contributed by atoms with Gasteiger partial charge in [-0.1, -0.05) is 0 Å². The molecule has 0 saturated heterocycles. The second-order valence-corrected chi connectivity index (χ2v) is 4.48. The van der Waals surface area contributed by atoms with Gasteiger partial charge in [-0.3, -0.25) is 4.90 Å². The molecule has 0 aromatic carbocycles. The standard InChI is InChI=1S/C11H14F3N3O2/c1-16-5-4-15-9(16)6-17(8-2-3-8)10(18)19-7-11(12,13)14/h4-5,8H,2-3,6-7H2,1H3. The number of nitrogens with zero attached hydrogens (tertiary/aromatic N) is 3. The Morgan fingerprint density at radius 1 is 1.58 bits per heavy atom. The summed E-state index contributed by atoms with van der Waals surface area (Å²) in [6, 6.07) is -0.0440. The van der Waals surface area contributed by atoms with Crippen molar-refractivity contribution in [2.45, 2.75) is 31.6 Å². The van der Waals surface area contributed by atoms with Gasteiger partial charge in [-0.05, 0) is 12.8 Å². The number of ether oxygens (including phenoxy) is 1. The quantitative estimate of drug-likeness (QED) is 0.846. The van der Waals surface area contributed by atoms with E-state index in [2.05, 4.69) is 9.72 Å². The lowest BCUT2D eigenvalue weighted by Gasteiger charge is -2.21. The summed E-state index contributed by atoms with van der Waals surface area (Å²) < 4.78 is 42.1. The van der Waals surface area contributed by atoms with Gasteiger partial charge < -0.3 is 9.30 Å². The van der Waals surface area contributed by atoms with E-state index in [4.69, 9.17) is 0 Å². The molecule has 1 amide bonds. The maximum absolute atomic E-state index is 12.0. The molecule has 1 fully saturated rings. The third-order valence-corrected chi connectivity index (χ3v) is 2.81. The first-order valence-electron chi connectivity index (χ1n) is 5.83. The fourth-order valence-electron chi connectivity index (χ4n) is 1.66. The smallest absolute Gasteiger partial charge is 0.422 e. The van der Waals surface area contributed by atoms with E-state index >= 15 is 0 Å². The Bertz CT molecular complexity index is 454. The fourth-order valence-corrected chi connectivity index (χ4v) is 1.66. The Morgan fingerprint density at radius 2 is 2.26 bits per heavy atom. The molecule has 106 valence electrons. The molecule has 0 radical (unpaired) electrons. The minimum Gasteiger partial charge on any atom is -0.440 e. The Balaban J connectivity index is 1.96. The second-order valence-electron chi connectivity index (χ2n) is 4.48. The van der Waals surface area contributed by atoms with Gasteiger partial charge in [0.25, 0.3) is 0 Å². The first kappa shape index (κ1) is 13.7. The van der Waals surface area contributed by atoms with Crippen molar-refractivity contribution in [3.05, 3.63) is 18.2 Å². The minimum atomic E-state index is -4.51. The first-order chi connectivity index (χ1) is 8.87. The van der Waals surface area contributed by atoms with Gasteiger partial charge in [0.05, 0.1) is 6.54 Å². The van der Waals surface area contributed by atoms with Crippen LogP contribution in [0.25, 0.3) is 0 Å². The zero-order valence-electron chi connectivity index (χ0n) is 10.4. The van der Waals surface area contributed by atoms with Crippen LogP contribution in [0.3, 0.4) is 0 Å². The van der Waals surface area contributed by atoms with Crippen LogP contribution in [0.4, 0.5) is 18.0 Å². The van der Waals surface area contributed by atoms with Crippen LogP contribution in [0.1, 0.15) is 18.7 Å². The van der Waals surface area contributed by atoms with Crippen molar-refractivity contribution in [1.29, 1.82) is 0 Å². The zero-order chi connectivity index (χ0) is 14.0. The summed E-state index contributed by atoms with van der Waals surface area (Å²) in [4.78, 5) is 17.0. The van der Waals surface area contributed by atoms with Crippen molar-refractivity contribution in [3.8, 4) is 0 Å². The molecule has 1 heterocycles. The topological polar surface area (TPSA) is 47.4 Å². The number of alkyl halides is 3. The second kappa shape index (κ2) is 5.10. The van der Waals surface area contributed by atoms with Gasteiger partial charge in [-0.25, -0.2) is 9.78 Å². The van der Waals surface area contributed by atoms with Crippen LogP contribution >= 0.6 is 0 Å². The molecule has 0 bridgehead atoms. The lowest BCUT2D eigenvalue weighted by molar-refractivity contribution is -0.162. The summed E-state index contributed by atoms with van der Waals surface area (Å²) in [5.41, 5.74) is 0. The predicted octanol–water partition coefficient (Wildman–Crippen LogP) is 2.08. The van der Waals surface area contributed by atoms with Gasteiger partial charge in [0.1, 0.15) is 5.82 Å². The Labute approximate surface area is 108 Å². The van der Waals surface area contributed by atoms with Crippen molar-refractivity contribution in [1.82, 2.24) is 14.5 Å². The summed E-state index contributed by atoms with van der Waals surface area (Å²) in [5, 5.41) is 0. The molecule has 5 nitrogen and oxygen atoms in total. The van der Waals surface area contributed by atoms with E-state index in [1.165, 1.54) is 4.90 Å². The average molecular weight is 277 g/mol. The van der Waals surface area contributed by atoms with Crippen molar-refractivity contribution < 1.29 is 22.7 Å². The van der Waals surface area contributed by atoms with E-state index in [9.17, 15) is 18.0 Å². The third-order valence-electron chi connectivity index (χ3n) is 2.81. The van der Waals surface area contributed by atoms with Crippen LogP contribution in [0.15, 0.2) is 12.4 Å². The molecule has 1 aromatic heterocycles. The number of amides is 1. The van der Waals surface area contributed by atoms with Crippen LogP contribution in [0.2, 0.25) is 0 Å². The maximum atomic E-state index is 12.0. The predicted molar refractivity (Wildman–Crippen MR) is 59.2 cm³/mol. The Morgan fingerprint density at radius 3 is 2.74 bits per heavy atom. The van der Waals surface area contributed by atoms with E-state index in [0.29, 0.717) is 5.82 Å². The Hall–Kier alpha value is -1.73. The van der Waals surface area contributed by atoms with E-state index in [0.717, 1.165) is 12.8 Å². The summed E-state index contributed by atoms with van der Waals surface area (Å²) in [5.74, 6) is 0.607. The van der Waals surface area contributed by atoms with Crippen LogP contribution in [-0.4, -0.2) is 39.4 Å². The molecule has 1 saturated carbocycles. The Kier molecular flexibility index (Phi) is 3.68. The van der Waals surface area contributed by atoms with Gasteiger partial charge in [0.15, 0.2) is 6.61 Å². The first-order valence-corrected chi connectivity index (χ1v) is 5.83. The molecule has 0 N–H and O–H groups in total. The molecule has 19 heavy (non-hydrogen) atoms. The lowest BCUT2D eigenvalue weighted by Crippen LogP contribution is -2.36. The fraction of sp³-hybridized carbons (Fsp3) is 0.636. The summed E-state index contributed by atoms with van der Waals surface area (Å²) in [7, 11) is 1.76. The van der Waals surface area contributed by atoms with Crippen molar-refractivity contribution in [2.24, 2.45) is 7.05 Å². The van der Waals surface area contributed by atoms with Gasteiger partial charge in [0, 0.05) is 25.5 Å². The van der Waals surface area contributed by atoms with Crippen LogP contribution in [0.5, 0.6) is 0 Å². The number of carbonyl (C=O) groups excluding carboxylic acids is 1. The number of rotatable bonds is 4. The molecule has 0 atom stereocenters. The molecular weight excluding hydrogens is 263 g/mol. The molecule has 1 aliphatic carbocycles. The van der Waals surface area contributed by atoms with Gasteiger partial charge in [-0.2, -0.15) is 13.2 Å². The molecular formula is C11H14F3N3O2. The molecule has 8 heteroatoms. The number of imidazole rings is 1. The van der Waals surface area contributed by atoms with E-state index < -0.39 is 18.9 Å². The third kappa shape index (κ3) is 3.87. The van der Waals surface area contributed by atoms with E-state index in [-0.39, 0.29) is 12.6 Å². The van der Waals surface area contributed by atoms with Crippen molar-refractivity contribution in [3.63, 3.8) is 0 Å². The highest BCUT2D eigenvalue weighted by Crippen LogP contribution is 2.29. The normalized spacial score (nSPS) is 15.4. The van der Waals surface area contributed by atoms with Crippen LogP contribution in [-0.2, 0) is 18.3 Å². The number of hydrogen-bond acceptors (Lipinski definition) is 3. The van der Waals surface area contributed by atoms with Gasteiger partial charge in [0.2, 0.25) is 0 Å². The van der Waals surface area contributed by atoms with Crippen LogP contribution < -0.4 is 0 Å². The summed E-state index contributed by atoms with van der Waals surface area (Å²) in [6.45, 7) is -1.40. The SMILES string of the molecule is Cn1ccnc1CN(C(=O)OCC(F)(F)F)C1CC1. The highest BCUT2D eigenvalue weighted by molar-refractivity contribution is 5.68. The largest absolute Gasteiger partial charge is 0.440 e. The zero-order valence-corrected chi connectivity index (χ0v) is 10.4. The molecule has 0 aliphatic heterocycles. The minimum absolute atomic E-state index is 0.0440. The van der Waals surface area contributed by atoms with E-state index in [1.807, 2.05) is 0 Å². The number of carbonyl (C=O) groups is 1. The highest BCUT2D eigenvalue weighted by Gasteiger charge is 2.36. The molecule has 1 aromatic rings. The monoisotopic (exact) mass is 277 g/mol. The average Bonchev–Trinajstić information content (AvgIpc) is 3.07. The number of aryl methyl sites for hydroxylation is 1. The number of aromatic nitrogens is 2. The summed E-state index contributed by atoms with van der Waals surface area (Å²) >= 11 is 0. The molecule has 1 aliphatic rings. The van der Waals surface area contributed by atoms with Gasteiger partial charge in [-0.15, -0.1) is 0 Å².